The van der Waals surface area contributed by atoms with Gasteiger partial charge in [0.05, 0.1) is 11.6 Å². The van der Waals surface area contributed by atoms with E-state index in [4.69, 9.17) is 5.26 Å². The van der Waals surface area contributed by atoms with Gasteiger partial charge in [0.15, 0.2) is 0 Å². The zero-order chi connectivity index (χ0) is 14.8. The first-order valence-corrected chi connectivity index (χ1v) is 7.64. The minimum absolute atomic E-state index is 0.195. The molecular weight excluding hydrogens is 262 g/mol. The number of hydrogen-bond donors (Lipinski definition) is 0. The third-order valence-electron chi connectivity index (χ3n) is 4.71. The van der Waals surface area contributed by atoms with Gasteiger partial charge in [0, 0.05) is 39.1 Å². The lowest BCUT2D eigenvalue weighted by Gasteiger charge is -2.36. The molecule has 3 saturated heterocycles. The van der Waals surface area contributed by atoms with Crippen molar-refractivity contribution in [3.05, 3.63) is 35.4 Å². The van der Waals surface area contributed by atoms with Crippen molar-refractivity contribution in [3.63, 3.8) is 0 Å². The summed E-state index contributed by atoms with van der Waals surface area (Å²) in [5, 5.41) is 9.01. The summed E-state index contributed by atoms with van der Waals surface area (Å²) in [7, 11) is 0. The van der Waals surface area contributed by atoms with E-state index in [9.17, 15) is 4.79 Å². The average Bonchev–Trinajstić information content (AvgIpc) is 2.79. The molecule has 0 unspecified atom stereocenters. The molecule has 4 rings (SSSR count). The van der Waals surface area contributed by atoms with Crippen LogP contribution in [0, 0.1) is 17.2 Å². The van der Waals surface area contributed by atoms with Crippen LogP contribution in [0.1, 0.15) is 30.9 Å². The molecule has 0 N–H and O–H groups in total. The van der Waals surface area contributed by atoms with Crippen LogP contribution in [-0.2, 0) is 11.3 Å². The van der Waals surface area contributed by atoms with Gasteiger partial charge in [-0.25, -0.2) is 0 Å². The van der Waals surface area contributed by atoms with Crippen LogP contribution in [0.25, 0.3) is 0 Å². The van der Waals surface area contributed by atoms with E-state index in [0.717, 1.165) is 31.7 Å². The third-order valence-corrected chi connectivity index (χ3v) is 4.71. The molecule has 21 heavy (non-hydrogen) atoms. The van der Waals surface area contributed by atoms with Crippen LogP contribution in [0.2, 0.25) is 0 Å². The van der Waals surface area contributed by atoms with E-state index >= 15 is 0 Å². The van der Waals surface area contributed by atoms with Crippen LogP contribution < -0.4 is 0 Å². The zero-order valence-electron chi connectivity index (χ0n) is 12.5. The molecule has 0 saturated carbocycles. The summed E-state index contributed by atoms with van der Waals surface area (Å²) in [6.07, 6.45) is 2.40. The maximum atomic E-state index is 11.7. The number of carbonyl (C=O) groups is 1. The highest BCUT2D eigenvalue weighted by Crippen LogP contribution is 2.29. The number of carbonyl (C=O) groups excluding carboxylic acids is 1. The Morgan fingerprint density at radius 3 is 2.95 bits per heavy atom. The van der Waals surface area contributed by atoms with Gasteiger partial charge in [0.25, 0.3) is 0 Å². The number of piperidine rings is 1. The van der Waals surface area contributed by atoms with Crippen molar-refractivity contribution in [2.45, 2.75) is 32.4 Å². The Kier molecular flexibility index (Phi) is 3.94. The molecular formula is C17H21N3O. The van der Waals surface area contributed by atoms with Crippen LogP contribution in [0.3, 0.4) is 0 Å². The van der Waals surface area contributed by atoms with E-state index in [1.165, 1.54) is 18.4 Å². The number of fused-ring (bicyclic) bond motifs is 4. The number of nitrogens with zero attached hydrogens (tertiary/aromatic N) is 3. The molecule has 3 aliphatic heterocycles. The highest BCUT2D eigenvalue weighted by molar-refractivity contribution is 5.73. The lowest BCUT2D eigenvalue weighted by atomic mass is 9.94. The molecule has 110 valence electrons. The van der Waals surface area contributed by atoms with Crippen LogP contribution in [0.5, 0.6) is 0 Å². The highest BCUT2D eigenvalue weighted by atomic mass is 16.2. The fraction of sp³-hybridized carbons (Fsp3) is 0.529. The van der Waals surface area contributed by atoms with Gasteiger partial charge in [-0.2, -0.15) is 5.26 Å². The summed E-state index contributed by atoms with van der Waals surface area (Å²) in [6.45, 7) is 5.36. The second kappa shape index (κ2) is 5.87. The standard InChI is InChI=1S/C17H21N3O/c1-13(21)19-10-16-5-6-17(12-19)20(11-16)9-15-4-2-3-14(7-15)8-18/h2-4,7,16-17H,5-6,9-12H2,1H3/t16-,17+/m0/s1. The van der Waals surface area contributed by atoms with Crippen molar-refractivity contribution in [1.29, 1.82) is 5.26 Å². The molecule has 0 radical (unpaired) electrons. The number of hydrogen-bond acceptors (Lipinski definition) is 3. The molecule has 2 atom stereocenters. The molecule has 3 fully saturated rings. The first-order valence-electron chi connectivity index (χ1n) is 7.64. The van der Waals surface area contributed by atoms with Crippen molar-refractivity contribution in [3.8, 4) is 6.07 Å². The normalized spacial score (nSPS) is 25.4. The smallest absolute Gasteiger partial charge is 0.219 e. The van der Waals surface area contributed by atoms with E-state index in [-0.39, 0.29) is 5.91 Å². The van der Waals surface area contributed by atoms with Gasteiger partial charge in [0.1, 0.15) is 0 Å². The molecule has 4 heteroatoms. The van der Waals surface area contributed by atoms with E-state index in [0.29, 0.717) is 12.0 Å². The lowest BCUT2D eigenvalue weighted by Crippen LogP contribution is -2.43. The molecule has 0 spiro atoms. The highest BCUT2D eigenvalue weighted by Gasteiger charge is 2.35. The van der Waals surface area contributed by atoms with Crippen molar-refractivity contribution in [2.75, 3.05) is 19.6 Å². The Balaban J connectivity index is 1.74. The largest absolute Gasteiger partial charge is 0.341 e. The van der Waals surface area contributed by atoms with Crippen molar-refractivity contribution in [2.24, 2.45) is 5.92 Å². The van der Waals surface area contributed by atoms with E-state index < -0.39 is 0 Å². The summed E-state index contributed by atoms with van der Waals surface area (Å²) in [5.41, 5.74) is 1.91. The fourth-order valence-electron chi connectivity index (χ4n) is 3.60. The average molecular weight is 283 g/mol. The van der Waals surface area contributed by atoms with Crippen LogP contribution in [-0.4, -0.2) is 41.4 Å². The summed E-state index contributed by atoms with van der Waals surface area (Å²) >= 11 is 0. The fourth-order valence-corrected chi connectivity index (χ4v) is 3.60. The number of nitriles is 1. The number of rotatable bonds is 2. The Morgan fingerprint density at radius 1 is 1.33 bits per heavy atom. The van der Waals surface area contributed by atoms with Gasteiger partial charge in [-0.05, 0) is 36.5 Å². The van der Waals surface area contributed by atoms with Crippen LogP contribution in [0.15, 0.2) is 24.3 Å². The first-order chi connectivity index (χ1) is 10.2. The molecule has 3 heterocycles. The lowest BCUT2D eigenvalue weighted by molar-refractivity contribution is -0.129. The molecule has 4 nitrogen and oxygen atoms in total. The van der Waals surface area contributed by atoms with Crippen molar-refractivity contribution in [1.82, 2.24) is 9.80 Å². The minimum atomic E-state index is 0.195. The van der Waals surface area contributed by atoms with Crippen LogP contribution >= 0.6 is 0 Å². The SMILES string of the molecule is CC(=O)N1C[C@@H]2CC[C@H](C1)N(Cc1cccc(C#N)c1)C2. The predicted molar refractivity (Wildman–Crippen MR) is 80.3 cm³/mol. The van der Waals surface area contributed by atoms with Gasteiger partial charge in [-0.1, -0.05) is 12.1 Å². The van der Waals surface area contributed by atoms with Gasteiger partial charge >= 0.3 is 0 Å². The maximum Gasteiger partial charge on any atom is 0.219 e. The summed E-state index contributed by atoms with van der Waals surface area (Å²) in [5.74, 6) is 0.784. The molecule has 1 aromatic carbocycles. The third kappa shape index (κ3) is 3.08. The van der Waals surface area contributed by atoms with Crippen molar-refractivity contribution < 1.29 is 4.79 Å². The zero-order valence-corrected chi connectivity index (χ0v) is 12.5. The van der Waals surface area contributed by atoms with Gasteiger partial charge in [-0.3, -0.25) is 9.69 Å². The van der Waals surface area contributed by atoms with E-state index in [1.807, 2.05) is 23.1 Å². The van der Waals surface area contributed by atoms with Gasteiger partial charge in [-0.15, -0.1) is 0 Å². The quantitative estimate of drug-likeness (QED) is 0.834. The summed E-state index contributed by atoms with van der Waals surface area (Å²) in [6, 6.07) is 10.5. The summed E-state index contributed by atoms with van der Waals surface area (Å²) in [4.78, 5) is 16.2. The number of benzene rings is 1. The molecule has 1 aromatic rings. The first kappa shape index (κ1) is 14.1. The summed E-state index contributed by atoms with van der Waals surface area (Å²) < 4.78 is 0. The molecule has 3 aliphatic rings. The molecule has 1 amide bonds. The van der Waals surface area contributed by atoms with E-state index in [1.54, 1.807) is 6.92 Å². The second-order valence-electron chi connectivity index (χ2n) is 6.26. The Hall–Kier alpha value is -1.86. The molecule has 0 aliphatic carbocycles. The maximum absolute atomic E-state index is 11.7. The van der Waals surface area contributed by atoms with Crippen molar-refractivity contribution >= 4 is 5.91 Å². The van der Waals surface area contributed by atoms with Gasteiger partial charge in [0.2, 0.25) is 5.91 Å². The van der Waals surface area contributed by atoms with Gasteiger partial charge < -0.3 is 4.90 Å². The minimum Gasteiger partial charge on any atom is -0.341 e. The molecule has 2 bridgehead atoms. The monoisotopic (exact) mass is 283 g/mol. The van der Waals surface area contributed by atoms with E-state index in [2.05, 4.69) is 17.0 Å². The van der Waals surface area contributed by atoms with Crippen LogP contribution in [0.4, 0.5) is 0 Å². The Morgan fingerprint density at radius 2 is 2.19 bits per heavy atom. The number of amides is 1. The topological polar surface area (TPSA) is 47.3 Å². The Bertz CT molecular complexity index is 578. The second-order valence-corrected chi connectivity index (χ2v) is 6.26. The predicted octanol–water partition coefficient (Wildman–Crippen LogP) is 2.00. The molecule has 0 aromatic heterocycles. The Labute approximate surface area is 126 Å².